The monoisotopic (exact) mass is 219 g/mol. The Balaban J connectivity index is 2.41. The second-order valence-corrected chi connectivity index (χ2v) is 3.57. The van der Waals surface area contributed by atoms with Gasteiger partial charge >= 0.3 is 5.97 Å². The van der Waals surface area contributed by atoms with E-state index in [1.54, 1.807) is 13.1 Å². The Bertz CT molecular complexity index is 357. The molecule has 0 aliphatic rings. The average molecular weight is 219 g/mol. The molecule has 0 aliphatic carbocycles. The predicted molar refractivity (Wildman–Crippen MR) is 62.7 cm³/mol. The number of carbonyl (C=O) groups excluding carboxylic acids is 1. The van der Waals surface area contributed by atoms with Gasteiger partial charge < -0.3 is 4.74 Å². The molecule has 0 unspecified atom stereocenters. The topological polar surface area (TPSA) is 39.2 Å². The van der Waals surface area contributed by atoms with Crippen LogP contribution in [0.5, 0.6) is 0 Å². The van der Waals surface area contributed by atoms with Crippen molar-refractivity contribution in [1.82, 2.24) is 4.98 Å². The van der Waals surface area contributed by atoms with Crippen LogP contribution in [0.3, 0.4) is 0 Å². The minimum absolute atomic E-state index is 0.233. The minimum atomic E-state index is -0.265. The van der Waals surface area contributed by atoms with Gasteiger partial charge in [-0.1, -0.05) is 25.5 Å². The molecule has 1 aromatic heterocycles. The van der Waals surface area contributed by atoms with Gasteiger partial charge in [0, 0.05) is 11.8 Å². The summed E-state index contributed by atoms with van der Waals surface area (Å²) in [4.78, 5) is 15.6. The molecule has 0 atom stereocenters. The van der Waals surface area contributed by atoms with Crippen molar-refractivity contribution in [3.8, 4) is 0 Å². The molecule has 0 radical (unpaired) electrons. The zero-order valence-corrected chi connectivity index (χ0v) is 9.77. The number of carbonyl (C=O) groups is 1. The third-order valence-electron chi connectivity index (χ3n) is 2.14. The SMILES string of the molecule is CCC/C=C(\C)C(=O)OCc1ccccn1. The lowest BCUT2D eigenvalue weighted by Gasteiger charge is -2.04. The molecule has 0 bridgehead atoms. The predicted octanol–water partition coefficient (Wildman–Crippen LogP) is 2.87. The summed E-state index contributed by atoms with van der Waals surface area (Å²) in [5, 5.41) is 0. The van der Waals surface area contributed by atoms with Crippen LogP contribution in [0.2, 0.25) is 0 Å². The fourth-order valence-corrected chi connectivity index (χ4v) is 1.18. The average Bonchev–Trinajstić information content (AvgIpc) is 2.34. The van der Waals surface area contributed by atoms with Crippen LogP contribution in [0.1, 0.15) is 32.4 Å². The van der Waals surface area contributed by atoms with Crippen molar-refractivity contribution in [2.45, 2.75) is 33.3 Å². The van der Waals surface area contributed by atoms with Crippen LogP contribution in [0, 0.1) is 0 Å². The molecule has 1 aromatic rings. The van der Waals surface area contributed by atoms with E-state index in [-0.39, 0.29) is 12.6 Å². The van der Waals surface area contributed by atoms with Gasteiger partial charge in [-0.05, 0) is 25.5 Å². The quantitative estimate of drug-likeness (QED) is 0.564. The lowest BCUT2D eigenvalue weighted by atomic mass is 10.2. The number of unbranched alkanes of at least 4 members (excludes halogenated alkanes) is 1. The molecular formula is C13H17NO2. The number of rotatable bonds is 5. The van der Waals surface area contributed by atoms with E-state index < -0.39 is 0 Å². The van der Waals surface area contributed by atoms with E-state index in [4.69, 9.17) is 4.74 Å². The number of aromatic nitrogens is 1. The Morgan fingerprint density at radius 3 is 2.94 bits per heavy atom. The largest absolute Gasteiger partial charge is 0.456 e. The molecule has 16 heavy (non-hydrogen) atoms. The zero-order valence-electron chi connectivity index (χ0n) is 9.77. The number of ether oxygens (including phenoxy) is 1. The van der Waals surface area contributed by atoms with Gasteiger partial charge in [0.1, 0.15) is 6.61 Å². The third kappa shape index (κ3) is 4.26. The van der Waals surface area contributed by atoms with Crippen molar-refractivity contribution in [3.05, 3.63) is 41.7 Å². The van der Waals surface area contributed by atoms with Crippen LogP contribution >= 0.6 is 0 Å². The molecule has 0 fully saturated rings. The van der Waals surface area contributed by atoms with E-state index in [1.165, 1.54) is 0 Å². The van der Waals surface area contributed by atoms with Gasteiger partial charge in [-0.2, -0.15) is 0 Å². The van der Waals surface area contributed by atoms with Crippen molar-refractivity contribution in [2.75, 3.05) is 0 Å². The van der Waals surface area contributed by atoms with Crippen LogP contribution in [-0.4, -0.2) is 11.0 Å². The van der Waals surface area contributed by atoms with E-state index in [0.29, 0.717) is 5.57 Å². The normalized spacial score (nSPS) is 11.2. The highest BCUT2D eigenvalue weighted by Crippen LogP contribution is 2.03. The molecule has 1 rings (SSSR count). The van der Waals surface area contributed by atoms with E-state index in [9.17, 15) is 4.79 Å². The fourth-order valence-electron chi connectivity index (χ4n) is 1.18. The summed E-state index contributed by atoms with van der Waals surface area (Å²) in [5.41, 5.74) is 1.43. The molecule has 0 saturated heterocycles. The summed E-state index contributed by atoms with van der Waals surface area (Å²) in [7, 11) is 0. The Kier molecular flexibility index (Phi) is 5.26. The van der Waals surface area contributed by atoms with Crippen LogP contribution in [0.4, 0.5) is 0 Å². The number of allylic oxidation sites excluding steroid dienone is 1. The van der Waals surface area contributed by atoms with Crippen LogP contribution in [0.15, 0.2) is 36.0 Å². The van der Waals surface area contributed by atoms with E-state index in [1.807, 2.05) is 24.3 Å². The second kappa shape index (κ2) is 6.77. The molecule has 86 valence electrons. The first-order valence-corrected chi connectivity index (χ1v) is 5.47. The Morgan fingerprint density at radius 2 is 2.31 bits per heavy atom. The number of esters is 1. The standard InChI is InChI=1S/C13H17NO2/c1-3-4-7-11(2)13(15)16-10-12-8-5-6-9-14-12/h5-9H,3-4,10H2,1-2H3/b11-7+. The van der Waals surface area contributed by atoms with Crippen molar-refractivity contribution >= 4 is 5.97 Å². The van der Waals surface area contributed by atoms with Gasteiger partial charge in [0.05, 0.1) is 5.69 Å². The van der Waals surface area contributed by atoms with Crippen LogP contribution < -0.4 is 0 Å². The summed E-state index contributed by atoms with van der Waals surface area (Å²) in [6.07, 6.45) is 5.53. The van der Waals surface area contributed by atoms with Gasteiger partial charge in [-0.25, -0.2) is 4.79 Å². The summed E-state index contributed by atoms with van der Waals surface area (Å²) in [6.45, 7) is 4.08. The maximum Gasteiger partial charge on any atom is 0.333 e. The summed E-state index contributed by atoms with van der Waals surface area (Å²) < 4.78 is 5.12. The lowest BCUT2D eigenvalue weighted by Crippen LogP contribution is -2.06. The molecule has 0 N–H and O–H groups in total. The highest BCUT2D eigenvalue weighted by Gasteiger charge is 2.05. The molecule has 0 spiro atoms. The van der Waals surface area contributed by atoms with Crippen molar-refractivity contribution < 1.29 is 9.53 Å². The molecule has 0 aromatic carbocycles. The first-order chi connectivity index (χ1) is 7.74. The molecule has 3 nitrogen and oxygen atoms in total. The first kappa shape index (κ1) is 12.4. The number of hydrogen-bond donors (Lipinski definition) is 0. The molecule has 0 amide bonds. The Morgan fingerprint density at radius 1 is 1.50 bits per heavy atom. The van der Waals surface area contributed by atoms with Crippen molar-refractivity contribution in [1.29, 1.82) is 0 Å². The van der Waals surface area contributed by atoms with Crippen LogP contribution in [0.25, 0.3) is 0 Å². The minimum Gasteiger partial charge on any atom is -0.456 e. The zero-order chi connectivity index (χ0) is 11.8. The van der Waals surface area contributed by atoms with Crippen LogP contribution in [-0.2, 0) is 16.1 Å². The fraction of sp³-hybridized carbons (Fsp3) is 0.385. The number of nitrogens with zero attached hydrogens (tertiary/aromatic N) is 1. The summed E-state index contributed by atoms with van der Waals surface area (Å²) in [6, 6.07) is 5.53. The third-order valence-corrected chi connectivity index (χ3v) is 2.14. The first-order valence-electron chi connectivity index (χ1n) is 5.47. The molecule has 0 saturated carbocycles. The number of hydrogen-bond acceptors (Lipinski definition) is 3. The van der Waals surface area contributed by atoms with Gasteiger partial charge in [0.2, 0.25) is 0 Å². The molecule has 0 aliphatic heterocycles. The lowest BCUT2D eigenvalue weighted by molar-refractivity contribution is -0.140. The Hall–Kier alpha value is -1.64. The molecule has 1 heterocycles. The van der Waals surface area contributed by atoms with Crippen molar-refractivity contribution in [3.63, 3.8) is 0 Å². The van der Waals surface area contributed by atoms with Gasteiger partial charge in [0.25, 0.3) is 0 Å². The maximum absolute atomic E-state index is 11.5. The molecular weight excluding hydrogens is 202 g/mol. The summed E-state index contributed by atoms with van der Waals surface area (Å²) in [5.74, 6) is -0.265. The Labute approximate surface area is 96.2 Å². The van der Waals surface area contributed by atoms with E-state index in [0.717, 1.165) is 18.5 Å². The van der Waals surface area contributed by atoms with Gasteiger partial charge in [-0.3, -0.25) is 4.98 Å². The second-order valence-electron chi connectivity index (χ2n) is 3.57. The molecule has 3 heteroatoms. The van der Waals surface area contributed by atoms with E-state index >= 15 is 0 Å². The van der Waals surface area contributed by atoms with E-state index in [2.05, 4.69) is 11.9 Å². The van der Waals surface area contributed by atoms with Crippen molar-refractivity contribution in [2.24, 2.45) is 0 Å². The smallest absolute Gasteiger partial charge is 0.333 e. The highest BCUT2D eigenvalue weighted by atomic mass is 16.5. The number of pyridine rings is 1. The van der Waals surface area contributed by atoms with Gasteiger partial charge in [-0.15, -0.1) is 0 Å². The maximum atomic E-state index is 11.5. The van der Waals surface area contributed by atoms with Gasteiger partial charge in [0.15, 0.2) is 0 Å². The summed E-state index contributed by atoms with van der Waals surface area (Å²) >= 11 is 0. The highest BCUT2D eigenvalue weighted by molar-refractivity contribution is 5.87.